The molecule has 0 aliphatic rings. The third-order valence-electron chi connectivity index (χ3n) is 2.26. The van der Waals surface area contributed by atoms with Gasteiger partial charge in [-0.3, -0.25) is 4.98 Å². The first kappa shape index (κ1) is 8.62. The monoisotopic (exact) mass is 210 g/mol. The van der Waals surface area contributed by atoms with Crippen LogP contribution in [0.25, 0.3) is 20.7 Å². The lowest BCUT2D eigenvalue weighted by Gasteiger charge is -1.92. The molecule has 0 saturated carbocycles. The summed E-state index contributed by atoms with van der Waals surface area (Å²) in [5.41, 5.74) is 1.03. The molecule has 2 aromatic heterocycles. The number of thiophene rings is 1. The zero-order chi connectivity index (χ0) is 10.1. The van der Waals surface area contributed by atoms with Gasteiger partial charge >= 0.3 is 0 Å². The predicted octanol–water partition coefficient (Wildman–Crippen LogP) is 3.76. The zero-order valence-electron chi connectivity index (χ0n) is 7.97. The Labute approximate surface area is 92.0 Å². The van der Waals surface area contributed by atoms with Crippen molar-refractivity contribution in [2.75, 3.05) is 0 Å². The van der Waals surface area contributed by atoms with Crippen molar-refractivity contribution in [3.8, 4) is 10.6 Å². The van der Waals surface area contributed by atoms with E-state index < -0.39 is 0 Å². The number of rotatable bonds is 1. The molecular formula is C13H8NS. The van der Waals surface area contributed by atoms with E-state index in [0.717, 1.165) is 5.69 Å². The Kier molecular flexibility index (Phi) is 2.00. The van der Waals surface area contributed by atoms with Crippen LogP contribution in [0.15, 0.2) is 48.7 Å². The minimum atomic E-state index is 1.03. The summed E-state index contributed by atoms with van der Waals surface area (Å²) in [5, 5.41) is 1.24. The van der Waals surface area contributed by atoms with Crippen molar-refractivity contribution in [1.82, 2.24) is 4.98 Å². The molecule has 15 heavy (non-hydrogen) atoms. The first-order chi connectivity index (χ1) is 7.43. The Hall–Kier alpha value is -1.67. The number of nitrogens with zero attached hydrogens (tertiary/aromatic N) is 1. The van der Waals surface area contributed by atoms with Gasteiger partial charge in [-0.15, -0.1) is 11.3 Å². The van der Waals surface area contributed by atoms with Crippen molar-refractivity contribution in [3.63, 3.8) is 0 Å². The largest absolute Gasteiger partial charge is 0.255 e. The fourth-order valence-electron chi connectivity index (χ4n) is 1.55. The number of hydrogen-bond donors (Lipinski definition) is 0. The van der Waals surface area contributed by atoms with Crippen LogP contribution in [0.4, 0.5) is 0 Å². The fourth-order valence-corrected chi connectivity index (χ4v) is 2.55. The third kappa shape index (κ3) is 1.53. The van der Waals surface area contributed by atoms with E-state index in [1.54, 1.807) is 11.3 Å². The van der Waals surface area contributed by atoms with Gasteiger partial charge < -0.3 is 0 Å². The summed E-state index contributed by atoms with van der Waals surface area (Å²) in [4.78, 5) is 5.54. The molecule has 1 radical (unpaired) electrons. The highest BCUT2D eigenvalue weighted by Crippen LogP contribution is 2.31. The van der Waals surface area contributed by atoms with Crippen molar-refractivity contribution < 1.29 is 0 Å². The average Bonchev–Trinajstić information content (AvgIpc) is 2.74. The highest BCUT2D eigenvalue weighted by atomic mass is 32.1. The Morgan fingerprint density at radius 3 is 2.93 bits per heavy atom. The number of fused-ring (bicyclic) bond motifs is 1. The van der Waals surface area contributed by atoms with Gasteiger partial charge in [-0.25, -0.2) is 0 Å². The fraction of sp³-hybridized carbons (Fsp3) is 0. The van der Waals surface area contributed by atoms with Crippen LogP contribution >= 0.6 is 11.3 Å². The van der Waals surface area contributed by atoms with Crippen LogP contribution in [0.5, 0.6) is 0 Å². The molecule has 0 fully saturated rings. The van der Waals surface area contributed by atoms with Crippen molar-refractivity contribution in [1.29, 1.82) is 0 Å². The van der Waals surface area contributed by atoms with Crippen molar-refractivity contribution in [2.24, 2.45) is 0 Å². The maximum atomic E-state index is 4.34. The Bertz CT molecular complexity index is 551. The zero-order valence-corrected chi connectivity index (χ0v) is 8.79. The van der Waals surface area contributed by atoms with Gasteiger partial charge in [-0.05, 0) is 23.6 Å². The molecule has 0 aliphatic carbocycles. The summed E-state index contributed by atoms with van der Waals surface area (Å²) >= 11 is 1.73. The molecule has 71 valence electrons. The van der Waals surface area contributed by atoms with Gasteiger partial charge in [0.2, 0.25) is 0 Å². The molecule has 0 spiro atoms. The second-order valence-electron chi connectivity index (χ2n) is 3.28. The van der Waals surface area contributed by atoms with Crippen LogP contribution in [-0.4, -0.2) is 4.98 Å². The molecule has 1 aromatic carbocycles. The van der Waals surface area contributed by atoms with Crippen molar-refractivity contribution >= 4 is 21.4 Å². The Morgan fingerprint density at radius 2 is 2.13 bits per heavy atom. The number of pyridine rings is 1. The molecule has 0 bridgehead atoms. The van der Waals surface area contributed by atoms with Gasteiger partial charge in [0.25, 0.3) is 0 Å². The summed E-state index contributed by atoms with van der Waals surface area (Å²) in [6.45, 7) is 0. The molecule has 0 amide bonds. The van der Waals surface area contributed by atoms with E-state index in [-0.39, 0.29) is 0 Å². The Balaban J connectivity index is 2.21. The second-order valence-corrected chi connectivity index (χ2v) is 4.33. The molecule has 0 unspecified atom stereocenters. The van der Waals surface area contributed by atoms with Crippen molar-refractivity contribution in [2.45, 2.75) is 0 Å². The van der Waals surface area contributed by atoms with Crippen molar-refractivity contribution in [3.05, 3.63) is 54.7 Å². The molecule has 3 rings (SSSR count). The third-order valence-corrected chi connectivity index (χ3v) is 3.37. The van der Waals surface area contributed by atoms with Gasteiger partial charge in [0.05, 0.1) is 10.6 Å². The highest BCUT2D eigenvalue weighted by molar-refractivity contribution is 7.22. The number of benzene rings is 1. The molecule has 3 aromatic rings. The molecule has 0 N–H and O–H groups in total. The normalized spacial score (nSPS) is 10.7. The van der Waals surface area contributed by atoms with Crippen LogP contribution in [0.2, 0.25) is 0 Å². The van der Waals surface area contributed by atoms with Gasteiger partial charge in [0.1, 0.15) is 0 Å². The van der Waals surface area contributed by atoms with Crippen LogP contribution in [0.3, 0.4) is 0 Å². The summed E-state index contributed by atoms with van der Waals surface area (Å²) in [6.07, 6.45) is 1.82. The summed E-state index contributed by atoms with van der Waals surface area (Å²) in [5.74, 6) is 0. The SMILES string of the molecule is [c]1cccc2cc(-c3ccccn3)sc12. The van der Waals surface area contributed by atoms with Gasteiger partial charge in [0.15, 0.2) is 0 Å². The predicted molar refractivity (Wildman–Crippen MR) is 63.9 cm³/mol. The topological polar surface area (TPSA) is 12.9 Å². The van der Waals surface area contributed by atoms with E-state index in [4.69, 9.17) is 0 Å². The lowest BCUT2D eigenvalue weighted by atomic mass is 10.2. The van der Waals surface area contributed by atoms with E-state index in [0.29, 0.717) is 0 Å². The van der Waals surface area contributed by atoms with Crippen LogP contribution < -0.4 is 0 Å². The van der Waals surface area contributed by atoms with Crippen LogP contribution in [-0.2, 0) is 0 Å². The van der Waals surface area contributed by atoms with Crippen LogP contribution in [0.1, 0.15) is 0 Å². The van der Waals surface area contributed by atoms with Gasteiger partial charge in [-0.1, -0.05) is 24.3 Å². The quantitative estimate of drug-likeness (QED) is 0.596. The molecule has 0 saturated heterocycles. The Morgan fingerprint density at radius 1 is 1.13 bits per heavy atom. The first-order valence-corrected chi connectivity index (χ1v) is 5.57. The van der Waals surface area contributed by atoms with E-state index >= 15 is 0 Å². The lowest BCUT2D eigenvalue weighted by molar-refractivity contribution is 1.34. The minimum absolute atomic E-state index is 1.03. The van der Waals surface area contributed by atoms with Gasteiger partial charge in [0, 0.05) is 17.0 Å². The molecule has 0 aliphatic heterocycles. The van der Waals surface area contributed by atoms with E-state index in [1.165, 1.54) is 15.0 Å². The molecule has 2 heteroatoms. The molecule has 0 atom stereocenters. The molecular weight excluding hydrogens is 202 g/mol. The van der Waals surface area contributed by atoms with Gasteiger partial charge in [-0.2, -0.15) is 0 Å². The maximum Gasteiger partial charge on any atom is 0.0802 e. The average molecular weight is 210 g/mol. The molecule has 2 heterocycles. The van der Waals surface area contributed by atoms with Crippen LogP contribution in [0, 0.1) is 6.07 Å². The van der Waals surface area contributed by atoms with E-state index in [9.17, 15) is 0 Å². The number of aromatic nitrogens is 1. The lowest BCUT2D eigenvalue weighted by Crippen LogP contribution is -1.75. The minimum Gasteiger partial charge on any atom is -0.255 e. The summed E-state index contributed by atoms with van der Waals surface area (Å²) in [6, 6.07) is 17.4. The summed E-state index contributed by atoms with van der Waals surface area (Å²) in [7, 11) is 0. The van der Waals surface area contributed by atoms with E-state index in [2.05, 4.69) is 23.2 Å². The highest BCUT2D eigenvalue weighted by Gasteiger charge is 2.03. The second kappa shape index (κ2) is 3.48. The number of hydrogen-bond acceptors (Lipinski definition) is 2. The summed E-state index contributed by atoms with van der Waals surface area (Å²) < 4.78 is 1.19. The smallest absolute Gasteiger partial charge is 0.0802 e. The first-order valence-electron chi connectivity index (χ1n) is 4.75. The molecule has 1 nitrogen and oxygen atoms in total. The standard InChI is InChI=1S/C13H8NS/c1-2-7-12-10(5-1)9-13(15-12)11-6-3-4-8-14-11/h1-6,8-9H. The van der Waals surface area contributed by atoms with E-state index in [1.807, 2.05) is 36.5 Å². The maximum absolute atomic E-state index is 4.34.